The zero-order chi connectivity index (χ0) is 19.4. The number of nitrogens with zero attached hydrogens (tertiary/aromatic N) is 2. The lowest BCUT2D eigenvalue weighted by Gasteiger charge is -2.14. The predicted octanol–water partition coefficient (Wildman–Crippen LogP) is 2.07. The molecule has 138 valence electrons. The van der Waals surface area contributed by atoms with Crippen molar-refractivity contribution in [1.82, 2.24) is 15.1 Å². The Morgan fingerprint density at radius 3 is 2.37 bits per heavy atom. The summed E-state index contributed by atoms with van der Waals surface area (Å²) in [5.74, 6) is -1.09. The second-order valence-corrected chi connectivity index (χ2v) is 5.89. The number of rotatable bonds is 5. The SMILES string of the molecule is CCOC(=O)C(C)NC(=O)c1nn(-c2ccccc2)c(=O)c2ccccc12. The Labute approximate surface area is 155 Å². The molecule has 3 aromatic rings. The maximum Gasteiger partial charge on any atom is 0.328 e. The molecule has 0 aliphatic rings. The lowest BCUT2D eigenvalue weighted by molar-refractivity contribution is -0.144. The number of nitrogens with one attached hydrogen (secondary N) is 1. The number of aromatic nitrogens is 2. The van der Waals surface area contributed by atoms with Crippen molar-refractivity contribution in [3.8, 4) is 5.69 Å². The molecule has 7 nitrogen and oxygen atoms in total. The van der Waals surface area contributed by atoms with Crippen LogP contribution in [0.25, 0.3) is 16.5 Å². The van der Waals surface area contributed by atoms with Gasteiger partial charge in [-0.25, -0.2) is 4.79 Å². The second kappa shape index (κ2) is 7.82. The van der Waals surface area contributed by atoms with Gasteiger partial charge in [-0.15, -0.1) is 0 Å². The van der Waals surface area contributed by atoms with Crippen LogP contribution >= 0.6 is 0 Å². The van der Waals surface area contributed by atoms with E-state index in [2.05, 4.69) is 10.4 Å². The lowest BCUT2D eigenvalue weighted by Crippen LogP contribution is -2.40. The van der Waals surface area contributed by atoms with E-state index < -0.39 is 17.9 Å². The van der Waals surface area contributed by atoms with Gasteiger partial charge in [0.25, 0.3) is 11.5 Å². The fourth-order valence-electron chi connectivity index (χ4n) is 2.69. The van der Waals surface area contributed by atoms with Gasteiger partial charge in [0, 0.05) is 5.39 Å². The fraction of sp³-hybridized carbons (Fsp3) is 0.200. The summed E-state index contributed by atoms with van der Waals surface area (Å²) in [4.78, 5) is 37.4. The second-order valence-electron chi connectivity index (χ2n) is 5.89. The molecule has 2 aromatic carbocycles. The summed E-state index contributed by atoms with van der Waals surface area (Å²) >= 11 is 0. The van der Waals surface area contributed by atoms with Gasteiger partial charge in [-0.3, -0.25) is 9.59 Å². The molecule has 0 aliphatic heterocycles. The van der Waals surface area contributed by atoms with Crippen molar-refractivity contribution in [2.24, 2.45) is 0 Å². The van der Waals surface area contributed by atoms with Gasteiger partial charge in [0.15, 0.2) is 5.69 Å². The molecule has 0 spiro atoms. The Bertz CT molecular complexity index is 1040. The van der Waals surface area contributed by atoms with E-state index in [4.69, 9.17) is 4.74 Å². The summed E-state index contributed by atoms with van der Waals surface area (Å²) in [5.41, 5.74) is 0.276. The molecule has 0 saturated carbocycles. The van der Waals surface area contributed by atoms with Crippen LogP contribution in [-0.4, -0.2) is 34.3 Å². The topological polar surface area (TPSA) is 90.3 Å². The van der Waals surface area contributed by atoms with Crippen molar-refractivity contribution in [3.63, 3.8) is 0 Å². The van der Waals surface area contributed by atoms with Crippen molar-refractivity contribution in [1.29, 1.82) is 0 Å². The number of amides is 1. The maximum atomic E-state index is 12.8. The first kappa shape index (κ1) is 18.3. The largest absolute Gasteiger partial charge is 0.464 e. The summed E-state index contributed by atoms with van der Waals surface area (Å²) in [6.45, 7) is 3.45. The van der Waals surface area contributed by atoms with E-state index in [9.17, 15) is 14.4 Å². The average Bonchev–Trinajstić information content (AvgIpc) is 2.69. The van der Waals surface area contributed by atoms with Crippen molar-refractivity contribution in [3.05, 3.63) is 70.6 Å². The van der Waals surface area contributed by atoms with Gasteiger partial charge in [-0.1, -0.05) is 36.4 Å². The third-order valence-corrected chi connectivity index (χ3v) is 4.01. The van der Waals surface area contributed by atoms with Crippen molar-refractivity contribution >= 4 is 22.6 Å². The van der Waals surface area contributed by atoms with Crippen molar-refractivity contribution in [2.75, 3.05) is 6.61 Å². The number of para-hydroxylation sites is 1. The standard InChI is InChI=1S/C20H19N3O4/c1-3-27-20(26)13(2)21-18(24)17-15-11-7-8-12-16(15)19(25)23(22-17)14-9-5-4-6-10-14/h4-13H,3H2,1-2H3,(H,21,24). The first-order chi connectivity index (χ1) is 13.0. The molecule has 1 aromatic heterocycles. The Morgan fingerprint density at radius 1 is 1.07 bits per heavy atom. The highest BCUT2D eigenvalue weighted by molar-refractivity contribution is 6.05. The van der Waals surface area contributed by atoms with E-state index in [0.29, 0.717) is 16.5 Å². The molecule has 27 heavy (non-hydrogen) atoms. The lowest BCUT2D eigenvalue weighted by atomic mass is 10.1. The van der Waals surface area contributed by atoms with Gasteiger partial charge in [-0.05, 0) is 32.0 Å². The van der Waals surface area contributed by atoms with Crippen LogP contribution in [-0.2, 0) is 9.53 Å². The minimum absolute atomic E-state index is 0.0604. The van der Waals surface area contributed by atoms with Crippen LogP contribution in [0.2, 0.25) is 0 Å². The highest BCUT2D eigenvalue weighted by atomic mass is 16.5. The Hall–Kier alpha value is -3.48. The third kappa shape index (κ3) is 3.72. The van der Waals surface area contributed by atoms with E-state index in [1.165, 1.54) is 11.6 Å². The molecular weight excluding hydrogens is 346 g/mol. The number of hydrogen-bond donors (Lipinski definition) is 1. The van der Waals surface area contributed by atoms with Gasteiger partial charge < -0.3 is 10.1 Å². The van der Waals surface area contributed by atoms with Crippen LogP contribution in [0.5, 0.6) is 0 Å². The molecule has 1 N–H and O–H groups in total. The van der Waals surface area contributed by atoms with Gasteiger partial charge in [0.1, 0.15) is 6.04 Å². The van der Waals surface area contributed by atoms with Crippen LogP contribution in [0.1, 0.15) is 24.3 Å². The molecule has 0 bridgehead atoms. The molecule has 1 amide bonds. The number of benzene rings is 2. The van der Waals surface area contributed by atoms with E-state index in [-0.39, 0.29) is 17.9 Å². The Balaban J connectivity index is 2.09. The molecule has 0 saturated heterocycles. The molecule has 0 aliphatic carbocycles. The average molecular weight is 365 g/mol. The molecule has 1 heterocycles. The first-order valence-corrected chi connectivity index (χ1v) is 8.58. The summed E-state index contributed by atoms with van der Waals surface area (Å²) in [5, 5.41) is 7.63. The number of ether oxygens (including phenoxy) is 1. The molecule has 1 unspecified atom stereocenters. The monoisotopic (exact) mass is 365 g/mol. The molecule has 1 atom stereocenters. The van der Waals surface area contributed by atoms with Crippen molar-refractivity contribution < 1.29 is 14.3 Å². The quantitative estimate of drug-likeness (QED) is 0.699. The normalized spacial score (nSPS) is 11.8. The highest BCUT2D eigenvalue weighted by Gasteiger charge is 2.22. The van der Waals surface area contributed by atoms with Gasteiger partial charge in [0.05, 0.1) is 17.7 Å². The van der Waals surface area contributed by atoms with Gasteiger partial charge in [0.2, 0.25) is 0 Å². The van der Waals surface area contributed by atoms with Crippen LogP contribution in [0.3, 0.4) is 0 Å². The number of carbonyl (C=O) groups excluding carboxylic acids is 2. The zero-order valence-electron chi connectivity index (χ0n) is 15.0. The summed E-state index contributed by atoms with van der Waals surface area (Å²) < 4.78 is 6.10. The smallest absolute Gasteiger partial charge is 0.328 e. The Kier molecular flexibility index (Phi) is 5.30. The zero-order valence-corrected chi connectivity index (χ0v) is 15.0. The molecule has 0 fully saturated rings. The van der Waals surface area contributed by atoms with E-state index in [1.807, 2.05) is 6.07 Å². The third-order valence-electron chi connectivity index (χ3n) is 4.01. The molecular formula is C20H19N3O4. The predicted molar refractivity (Wildman–Crippen MR) is 101 cm³/mol. The molecule has 7 heteroatoms. The van der Waals surface area contributed by atoms with Crippen LogP contribution in [0, 0.1) is 0 Å². The fourth-order valence-corrected chi connectivity index (χ4v) is 2.69. The summed E-state index contributed by atoms with van der Waals surface area (Å²) in [7, 11) is 0. The van der Waals surface area contributed by atoms with Crippen LogP contribution < -0.4 is 10.9 Å². The first-order valence-electron chi connectivity index (χ1n) is 8.58. The Morgan fingerprint density at radius 2 is 1.70 bits per heavy atom. The summed E-state index contributed by atoms with van der Waals surface area (Å²) in [6.07, 6.45) is 0. The minimum Gasteiger partial charge on any atom is -0.464 e. The number of carbonyl (C=O) groups is 2. The molecule has 3 rings (SSSR count). The van der Waals surface area contributed by atoms with E-state index in [0.717, 1.165) is 0 Å². The summed E-state index contributed by atoms with van der Waals surface area (Å²) in [6, 6.07) is 14.7. The van der Waals surface area contributed by atoms with Crippen LogP contribution in [0.15, 0.2) is 59.4 Å². The molecule has 0 radical (unpaired) electrons. The number of fused-ring (bicyclic) bond motifs is 1. The van der Waals surface area contributed by atoms with E-state index >= 15 is 0 Å². The highest BCUT2D eigenvalue weighted by Crippen LogP contribution is 2.15. The number of hydrogen-bond acceptors (Lipinski definition) is 5. The van der Waals surface area contributed by atoms with E-state index in [1.54, 1.807) is 55.5 Å². The van der Waals surface area contributed by atoms with Gasteiger partial charge >= 0.3 is 5.97 Å². The minimum atomic E-state index is -0.838. The van der Waals surface area contributed by atoms with Crippen LogP contribution in [0.4, 0.5) is 0 Å². The van der Waals surface area contributed by atoms with Crippen molar-refractivity contribution in [2.45, 2.75) is 19.9 Å². The van der Waals surface area contributed by atoms with Gasteiger partial charge in [-0.2, -0.15) is 9.78 Å². The number of esters is 1. The maximum absolute atomic E-state index is 12.8.